The predicted octanol–water partition coefficient (Wildman–Crippen LogP) is 4.99. The Morgan fingerprint density at radius 2 is 2.16 bits per heavy atom. The highest BCUT2D eigenvalue weighted by Gasteiger charge is 2.58. The number of carbonyl (C=O) groups is 2. The number of hydrogen-bond acceptors (Lipinski definition) is 6. The number of hydrogen-bond donors (Lipinski definition) is 3. The van der Waals surface area contributed by atoms with Crippen molar-refractivity contribution in [2.75, 3.05) is 29.9 Å². The molecule has 1 aliphatic carbocycles. The monoisotopic (exact) mass is 528 g/mol. The average molecular weight is 529 g/mol. The number of aromatic amines is 1. The second kappa shape index (κ2) is 8.38. The fourth-order valence-electron chi connectivity index (χ4n) is 5.27. The van der Waals surface area contributed by atoms with Crippen molar-refractivity contribution in [1.29, 1.82) is 5.26 Å². The minimum Gasteiger partial charge on any atom is -0.465 e. The number of carboxylic acid groups (broad SMARTS) is 1. The van der Waals surface area contributed by atoms with E-state index in [4.69, 9.17) is 16.3 Å². The van der Waals surface area contributed by atoms with Crippen LogP contribution in [0.4, 0.5) is 25.4 Å². The number of nitrogens with one attached hydrogen (secondary N) is 2. The summed E-state index contributed by atoms with van der Waals surface area (Å²) in [4.78, 5) is 34.3. The first-order valence-electron chi connectivity index (χ1n) is 11.8. The van der Waals surface area contributed by atoms with Crippen molar-refractivity contribution in [3.63, 3.8) is 0 Å². The maximum Gasteiger partial charge on any atom is 0.411 e. The molecule has 1 spiro atoms. The van der Waals surface area contributed by atoms with E-state index in [1.165, 1.54) is 13.2 Å². The van der Waals surface area contributed by atoms with Gasteiger partial charge in [0.25, 0.3) is 0 Å². The van der Waals surface area contributed by atoms with E-state index in [1.54, 1.807) is 0 Å². The molecule has 1 saturated heterocycles. The van der Waals surface area contributed by atoms with Gasteiger partial charge < -0.3 is 25.0 Å². The van der Waals surface area contributed by atoms with Gasteiger partial charge in [-0.3, -0.25) is 4.90 Å². The number of pyridine rings is 1. The van der Waals surface area contributed by atoms with Crippen LogP contribution in [-0.2, 0) is 4.74 Å². The fraction of sp³-hybridized carbons (Fsp3) is 0.440. The first kappa shape index (κ1) is 24.9. The van der Waals surface area contributed by atoms with Crippen molar-refractivity contribution < 1.29 is 23.8 Å². The first-order valence-corrected chi connectivity index (χ1v) is 12.2. The standard InChI is InChI=1S/C25H26ClFN6O4/c1-24(2,3)37-22(34)30-16-8-25(16)5-6-33(11-25)20-13(26)10-29-21-18(20)17-12(9-28)14(27)7-15(19(17)31-21)32(4)23(35)36/h7,10,16H,5-6,8,11H2,1-4H3,(H,29,31)(H,30,34)(H,35,36)/t16-,25-/m1/s1. The number of amides is 2. The second-order valence-corrected chi connectivity index (χ2v) is 11.1. The number of halogens is 2. The number of H-pyrrole nitrogens is 1. The van der Waals surface area contributed by atoms with Gasteiger partial charge in [0.15, 0.2) is 0 Å². The van der Waals surface area contributed by atoms with Crippen molar-refractivity contribution in [2.24, 2.45) is 5.41 Å². The van der Waals surface area contributed by atoms with Gasteiger partial charge in [-0.1, -0.05) is 11.6 Å². The van der Waals surface area contributed by atoms with Gasteiger partial charge >= 0.3 is 12.2 Å². The summed E-state index contributed by atoms with van der Waals surface area (Å²) >= 11 is 6.65. The predicted molar refractivity (Wildman–Crippen MR) is 137 cm³/mol. The first-order chi connectivity index (χ1) is 17.3. The van der Waals surface area contributed by atoms with Crippen molar-refractivity contribution in [2.45, 2.75) is 45.3 Å². The lowest BCUT2D eigenvalue weighted by atomic mass is 10.0. The molecule has 2 aliphatic rings. The van der Waals surface area contributed by atoms with E-state index >= 15 is 4.39 Å². The lowest BCUT2D eigenvalue weighted by molar-refractivity contribution is 0.0516. The van der Waals surface area contributed by atoms with Gasteiger partial charge in [-0.05, 0) is 33.6 Å². The SMILES string of the molecule is CN(C(=O)O)c1cc(F)c(C#N)c2c1[nH]c1ncc(Cl)c(N3CC[C@@]4(C[C@H]4NC(=O)OC(C)(C)C)C3)c12. The molecule has 2 amide bonds. The Bertz CT molecular complexity index is 1510. The fourth-order valence-corrected chi connectivity index (χ4v) is 5.53. The minimum absolute atomic E-state index is 0.0469. The summed E-state index contributed by atoms with van der Waals surface area (Å²) in [5.74, 6) is -0.841. The van der Waals surface area contributed by atoms with Gasteiger partial charge in [0.1, 0.15) is 23.1 Å². The Balaban J connectivity index is 1.56. The molecular weight excluding hydrogens is 503 g/mol. The van der Waals surface area contributed by atoms with Crippen LogP contribution in [0.5, 0.6) is 0 Å². The smallest absolute Gasteiger partial charge is 0.411 e. The van der Waals surface area contributed by atoms with Crippen LogP contribution in [-0.4, -0.2) is 59.0 Å². The molecule has 1 saturated carbocycles. The third kappa shape index (κ3) is 4.15. The topological polar surface area (TPSA) is 135 Å². The van der Waals surface area contributed by atoms with Gasteiger partial charge in [-0.25, -0.2) is 19.0 Å². The zero-order chi connectivity index (χ0) is 26.9. The molecule has 37 heavy (non-hydrogen) atoms. The highest BCUT2D eigenvalue weighted by Crippen LogP contribution is 2.55. The van der Waals surface area contributed by atoms with Crippen molar-refractivity contribution in [1.82, 2.24) is 15.3 Å². The maximum absolute atomic E-state index is 15.1. The molecule has 3 N–H and O–H groups in total. The maximum atomic E-state index is 15.1. The van der Waals surface area contributed by atoms with Crippen molar-refractivity contribution in [3.05, 3.63) is 28.7 Å². The molecule has 1 aliphatic heterocycles. The van der Waals surface area contributed by atoms with Crippen LogP contribution in [0.25, 0.3) is 21.9 Å². The lowest BCUT2D eigenvalue weighted by Crippen LogP contribution is -2.36. The number of benzene rings is 1. The van der Waals surface area contributed by atoms with Crippen LogP contribution in [0.15, 0.2) is 12.3 Å². The summed E-state index contributed by atoms with van der Waals surface area (Å²) in [6.45, 7) is 6.63. The highest BCUT2D eigenvalue weighted by molar-refractivity contribution is 6.36. The number of alkyl carbamates (subject to hydrolysis) is 1. The molecule has 10 nitrogen and oxygen atoms in total. The Labute approximate surface area is 216 Å². The van der Waals surface area contributed by atoms with E-state index in [0.29, 0.717) is 34.8 Å². The molecule has 12 heteroatoms. The molecule has 5 rings (SSSR count). The third-order valence-electron chi connectivity index (χ3n) is 7.10. The normalized spacial score (nSPS) is 20.9. The summed E-state index contributed by atoms with van der Waals surface area (Å²) in [7, 11) is 1.30. The summed E-state index contributed by atoms with van der Waals surface area (Å²) in [6.07, 6.45) is 1.31. The van der Waals surface area contributed by atoms with Crippen LogP contribution >= 0.6 is 11.6 Å². The molecule has 2 aromatic heterocycles. The minimum atomic E-state index is -1.28. The summed E-state index contributed by atoms with van der Waals surface area (Å²) < 4.78 is 20.5. The molecule has 0 unspecified atom stereocenters. The third-order valence-corrected chi connectivity index (χ3v) is 7.38. The molecule has 0 bridgehead atoms. The van der Waals surface area contributed by atoms with E-state index in [9.17, 15) is 20.0 Å². The second-order valence-electron chi connectivity index (χ2n) is 10.7. The zero-order valence-electron chi connectivity index (χ0n) is 20.8. The van der Waals surface area contributed by atoms with Gasteiger partial charge in [0, 0.05) is 43.0 Å². The summed E-state index contributed by atoms with van der Waals surface area (Å²) in [5, 5.41) is 23.3. The van der Waals surface area contributed by atoms with E-state index in [2.05, 4.69) is 20.2 Å². The Morgan fingerprint density at radius 3 is 2.81 bits per heavy atom. The molecule has 3 heterocycles. The van der Waals surface area contributed by atoms with Crippen LogP contribution in [0.2, 0.25) is 5.02 Å². The number of nitrogens with zero attached hydrogens (tertiary/aromatic N) is 4. The van der Waals surface area contributed by atoms with E-state index < -0.39 is 23.6 Å². The molecular formula is C25H26ClFN6O4. The van der Waals surface area contributed by atoms with E-state index in [-0.39, 0.29) is 33.6 Å². The lowest BCUT2D eigenvalue weighted by Gasteiger charge is -2.22. The zero-order valence-corrected chi connectivity index (χ0v) is 21.5. The van der Waals surface area contributed by atoms with Crippen LogP contribution in [0.3, 0.4) is 0 Å². The van der Waals surface area contributed by atoms with Crippen LogP contribution in [0, 0.1) is 22.6 Å². The number of rotatable bonds is 3. The van der Waals surface area contributed by atoms with Gasteiger partial charge in [0.05, 0.1) is 39.1 Å². The van der Waals surface area contributed by atoms with Crippen molar-refractivity contribution >= 4 is 57.1 Å². The Hall–Kier alpha value is -3.78. The molecule has 0 radical (unpaired) electrons. The Kier molecular flexibility index (Phi) is 5.64. The van der Waals surface area contributed by atoms with Gasteiger partial charge in [-0.2, -0.15) is 5.26 Å². The molecule has 194 valence electrons. The number of carbonyl (C=O) groups excluding carboxylic acids is 1. The molecule has 2 fully saturated rings. The molecule has 2 atom stereocenters. The number of ether oxygens (including phenoxy) is 1. The largest absolute Gasteiger partial charge is 0.465 e. The molecule has 3 aromatic rings. The quantitative estimate of drug-likeness (QED) is 0.436. The van der Waals surface area contributed by atoms with Crippen LogP contribution in [0.1, 0.15) is 39.2 Å². The van der Waals surface area contributed by atoms with Gasteiger partial charge in [0.2, 0.25) is 0 Å². The average Bonchev–Trinajstić information content (AvgIpc) is 3.12. The number of fused-ring (bicyclic) bond motifs is 3. The van der Waals surface area contributed by atoms with Crippen LogP contribution < -0.4 is 15.1 Å². The molecule has 1 aromatic carbocycles. The summed E-state index contributed by atoms with van der Waals surface area (Å²) in [5.41, 5.74) is 0.305. The van der Waals surface area contributed by atoms with Crippen molar-refractivity contribution in [3.8, 4) is 6.07 Å². The highest BCUT2D eigenvalue weighted by atomic mass is 35.5. The Morgan fingerprint density at radius 1 is 1.43 bits per heavy atom. The number of aromatic nitrogens is 2. The van der Waals surface area contributed by atoms with Gasteiger partial charge in [-0.15, -0.1) is 0 Å². The summed E-state index contributed by atoms with van der Waals surface area (Å²) in [6, 6.07) is 2.89. The number of anilines is 2. The van der Waals surface area contributed by atoms with E-state index in [0.717, 1.165) is 23.8 Å². The van der Waals surface area contributed by atoms with E-state index in [1.807, 2.05) is 26.8 Å². The number of nitriles is 1.